The molecule has 0 aromatic heterocycles. The number of rotatable bonds is 3. The summed E-state index contributed by atoms with van der Waals surface area (Å²) in [5, 5.41) is 9.87. The maximum Gasteiger partial charge on any atom is 0.249 e. The quantitative estimate of drug-likeness (QED) is 0.838. The highest BCUT2D eigenvalue weighted by atomic mass is 16.3. The molecule has 1 aromatic rings. The van der Waals surface area contributed by atoms with Crippen molar-refractivity contribution in [3.8, 4) is 0 Å². The molecule has 0 bridgehead atoms. The second-order valence-electron chi connectivity index (χ2n) is 5.09. The van der Waals surface area contributed by atoms with Crippen LogP contribution in [0.1, 0.15) is 29.3 Å². The van der Waals surface area contributed by atoms with Crippen molar-refractivity contribution in [3.63, 3.8) is 0 Å². The van der Waals surface area contributed by atoms with Gasteiger partial charge in [-0.15, -0.1) is 0 Å². The molecule has 2 unspecified atom stereocenters. The number of aliphatic hydroxyl groups is 1. The third kappa shape index (κ3) is 2.89. The van der Waals surface area contributed by atoms with Crippen molar-refractivity contribution in [1.29, 1.82) is 0 Å². The molecule has 1 fully saturated rings. The highest BCUT2D eigenvalue weighted by Gasteiger charge is 2.24. The van der Waals surface area contributed by atoms with E-state index >= 15 is 0 Å². The Morgan fingerprint density at radius 1 is 1.50 bits per heavy atom. The summed E-state index contributed by atoms with van der Waals surface area (Å²) >= 11 is 0. The first-order valence-electron chi connectivity index (χ1n) is 6.36. The molecule has 1 saturated heterocycles. The Morgan fingerprint density at radius 2 is 2.22 bits per heavy atom. The minimum Gasteiger partial charge on any atom is -0.392 e. The Morgan fingerprint density at radius 3 is 2.89 bits per heavy atom. The van der Waals surface area contributed by atoms with Crippen LogP contribution in [0, 0.1) is 5.92 Å². The summed E-state index contributed by atoms with van der Waals surface area (Å²) in [7, 11) is 0. The van der Waals surface area contributed by atoms with E-state index in [9.17, 15) is 9.90 Å². The first-order valence-corrected chi connectivity index (χ1v) is 6.36. The van der Waals surface area contributed by atoms with Gasteiger partial charge in [0, 0.05) is 18.7 Å². The van der Waals surface area contributed by atoms with Crippen LogP contribution in [0.25, 0.3) is 0 Å². The van der Waals surface area contributed by atoms with E-state index in [1.807, 2.05) is 18.2 Å². The first kappa shape index (κ1) is 13.1. The molecular formula is C14H20N2O2. The molecule has 3 N–H and O–H groups in total. The zero-order valence-corrected chi connectivity index (χ0v) is 10.7. The summed E-state index contributed by atoms with van der Waals surface area (Å²) < 4.78 is 0. The summed E-state index contributed by atoms with van der Waals surface area (Å²) in [5.41, 5.74) is 6.87. The smallest absolute Gasteiger partial charge is 0.249 e. The predicted octanol–water partition coefficient (Wildman–Crippen LogP) is 0.988. The number of nitrogens with two attached hydrogens (primary N) is 1. The standard InChI is InChI=1S/C14H20N2O2/c1-10-6-7-16(9-13(10)17)8-11-4-2-3-5-12(11)14(15)18/h2-5,10,13,17H,6-9H2,1H3,(H2,15,18). The summed E-state index contributed by atoms with van der Waals surface area (Å²) in [4.78, 5) is 13.5. The number of likely N-dealkylation sites (tertiary alicyclic amines) is 1. The van der Waals surface area contributed by atoms with Crippen LogP contribution in [0.3, 0.4) is 0 Å². The van der Waals surface area contributed by atoms with E-state index < -0.39 is 5.91 Å². The Bertz CT molecular complexity index is 434. The molecule has 1 heterocycles. The van der Waals surface area contributed by atoms with Crippen molar-refractivity contribution in [1.82, 2.24) is 4.90 Å². The number of benzene rings is 1. The van der Waals surface area contributed by atoms with Crippen LogP contribution in [-0.2, 0) is 6.54 Å². The molecule has 18 heavy (non-hydrogen) atoms. The lowest BCUT2D eigenvalue weighted by Gasteiger charge is -2.34. The van der Waals surface area contributed by atoms with Crippen LogP contribution in [0.4, 0.5) is 0 Å². The van der Waals surface area contributed by atoms with Crippen LogP contribution in [0.5, 0.6) is 0 Å². The summed E-state index contributed by atoms with van der Waals surface area (Å²) in [5.74, 6) is -0.0378. The minimum atomic E-state index is -0.392. The Balaban J connectivity index is 2.08. The van der Waals surface area contributed by atoms with Crippen LogP contribution >= 0.6 is 0 Å². The van der Waals surface area contributed by atoms with Crippen molar-refractivity contribution in [2.75, 3.05) is 13.1 Å². The number of aliphatic hydroxyl groups excluding tert-OH is 1. The van der Waals surface area contributed by atoms with Gasteiger partial charge in [0.1, 0.15) is 0 Å². The average Bonchev–Trinajstić information content (AvgIpc) is 2.34. The van der Waals surface area contributed by atoms with Gasteiger partial charge < -0.3 is 10.8 Å². The molecule has 4 heteroatoms. The molecule has 0 aliphatic carbocycles. The molecule has 1 aliphatic rings. The zero-order chi connectivity index (χ0) is 13.1. The van der Waals surface area contributed by atoms with Crippen molar-refractivity contribution in [3.05, 3.63) is 35.4 Å². The summed E-state index contributed by atoms with van der Waals surface area (Å²) in [6.45, 7) is 4.35. The van der Waals surface area contributed by atoms with E-state index in [0.717, 1.165) is 18.5 Å². The maximum atomic E-state index is 11.3. The number of hydrogen-bond acceptors (Lipinski definition) is 3. The van der Waals surface area contributed by atoms with Gasteiger partial charge in [-0.2, -0.15) is 0 Å². The molecule has 0 radical (unpaired) electrons. The van der Waals surface area contributed by atoms with Gasteiger partial charge in [0.15, 0.2) is 0 Å². The van der Waals surface area contributed by atoms with Gasteiger partial charge in [0.25, 0.3) is 0 Å². The molecule has 1 amide bonds. The number of primary amides is 1. The number of hydrogen-bond donors (Lipinski definition) is 2. The van der Waals surface area contributed by atoms with Crippen molar-refractivity contribution < 1.29 is 9.90 Å². The Labute approximate surface area is 107 Å². The molecular weight excluding hydrogens is 228 g/mol. The molecule has 1 aromatic carbocycles. The van der Waals surface area contributed by atoms with Crippen LogP contribution in [-0.4, -0.2) is 35.1 Å². The minimum absolute atomic E-state index is 0.278. The van der Waals surface area contributed by atoms with Crippen LogP contribution in [0.2, 0.25) is 0 Å². The number of β-amino-alcohol motifs (C(OH)–C–C–N with tert-alkyl or cyclic N) is 1. The van der Waals surface area contributed by atoms with Gasteiger partial charge in [-0.3, -0.25) is 9.69 Å². The van der Waals surface area contributed by atoms with E-state index in [4.69, 9.17) is 5.73 Å². The third-order valence-corrected chi connectivity index (χ3v) is 3.68. The Kier molecular flexibility index (Phi) is 3.99. The second-order valence-corrected chi connectivity index (χ2v) is 5.09. The zero-order valence-electron chi connectivity index (χ0n) is 10.7. The lowest BCUT2D eigenvalue weighted by molar-refractivity contribution is 0.0258. The molecule has 0 saturated carbocycles. The van der Waals surface area contributed by atoms with Crippen molar-refractivity contribution >= 4 is 5.91 Å². The fourth-order valence-corrected chi connectivity index (χ4v) is 2.40. The van der Waals surface area contributed by atoms with Gasteiger partial charge in [0.2, 0.25) is 5.91 Å². The maximum absolute atomic E-state index is 11.3. The van der Waals surface area contributed by atoms with Crippen molar-refractivity contribution in [2.24, 2.45) is 11.7 Å². The lowest BCUT2D eigenvalue weighted by atomic mass is 9.95. The van der Waals surface area contributed by atoms with Gasteiger partial charge in [0.05, 0.1) is 6.10 Å². The Hall–Kier alpha value is -1.39. The molecule has 98 valence electrons. The largest absolute Gasteiger partial charge is 0.392 e. The predicted molar refractivity (Wildman–Crippen MR) is 70.0 cm³/mol. The number of piperidine rings is 1. The van der Waals surface area contributed by atoms with E-state index in [-0.39, 0.29) is 6.10 Å². The van der Waals surface area contributed by atoms with Crippen LogP contribution < -0.4 is 5.73 Å². The number of amides is 1. The van der Waals surface area contributed by atoms with Gasteiger partial charge in [-0.25, -0.2) is 0 Å². The normalized spacial score (nSPS) is 25.0. The molecule has 2 rings (SSSR count). The highest BCUT2D eigenvalue weighted by molar-refractivity contribution is 5.94. The number of carbonyl (C=O) groups is 1. The third-order valence-electron chi connectivity index (χ3n) is 3.68. The van der Waals surface area contributed by atoms with E-state index in [0.29, 0.717) is 24.6 Å². The SMILES string of the molecule is CC1CCN(Cc2ccccc2C(N)=O)CC1O. The molecule has 1 aliphatic heterocycles. The topological polar surface area (TPSA) is 66.6 Å². The fraction of sp³-hybridized carbons (Fsp3) is 0.500. The fourth-order valence-electron chi connectivity index (χ4n) is 2.40. The highest BCUT2D eigenvalue weighted by Crippen LogP contribution is 2.20. The molecule has 4 nitrogen and oxygen atoms in total. The van der Waals surface area contributed by atoms with Crippen LogP contribution in [0.15, 0.2) is 24.3 Å². The van der Waals surface area contributed by atoms with Gasteiger partial charge >= 0.3 is 0 Å². The van der Waals surface area contributed by atoms with Gasteiger partial charge in [-0.1, -0.05) is 25.1 Å². The monoisotopic (exact) mass is 248 g/mol. The number of carbonyl (C=O) groups excluding carboxylic acids is 1. The summed E-state index contributed by atoms with van der Waals surface area (Å²) in [6, 6.07) is 7.40. The lowest BCUT2D eigenvalue weighted by Crippen LogP contribution is -2.42. The van der Waals surface area contributed by atoms with Crippen molar-refractivity contribution in [2.45, 2.75) is 26.0 Å². The molecule has 0 spiro atoms. The number of nitrogens with zero attached hydrogens (tertiary/aromatic N) is 1. The average molecular weight is 248 g/mol. The van der Waals surface area contributed by atoms with E-state index in [2.05, 4.69) is 11.8 Å². The first-order chi connectivity index (χ1) is 8.58. The van der Waals surface area contributed by atoms with E-state index in [1.165, 1.54) is 0 Å². The second kappa shape index (κ2) is 5.50. The van der Waals surface area contributed by atoms with E-state index in [1.54, 1.807) is 6.07 Å². The summed E-state index contributed by atoms with van der Waals surface area (Å²) in [6.07, 6.45) is 0.708. The molecule has 2 atom stereocenters. The van der Waals surface area contributed by atoms with Gasteiger partial charge in [-0.05, 0) is 30.5 Å².